The van der Waals surface area contributed by atoms with Gasteiger partial charge in [-0.1, -0.05) is 15.9 Å². The summed E-state index contributed by atoms with van der Waals surface area (Å²) in [6, 6.07) is 5.45. The molecule has 1 aliphatic rings. The molecule has 0 atom stereocenters. The van der Waals surface area contributed by atoms with Gasteiger partial charge in [0.2, 0.25) is 0 Å². The van der Waals surface area contributed by atoms with E-state index in [-0.39, 0.29) is 5.82 Å². The molecule has 0 spiro atoms. The summed E-state index contributed by atoms with van der Waals surface area (Å²) in [4.78, 5) is 0. The fourth-order valence-corrected chi connectivity index (χ4v) is 1.89. The van der Waals surface area contributed by atoms with Gasteiger partial charge >= 0.3 is 0 Å². The van der Waals surface area contributed by atoms with Crippen LogP contribution in [0.25, 0.3) is 0 Å². The van der Waals surface area contributed by atoms with Gasteiger partial charge in [0, 0.05) is 16.2 Å². The third-order valence-corrected chi connectivity index (χ3v) is 2.80. The molecule has 0 amide bonds. The summed E-state index contributed by atoms with van der Waals surface area (Å²) in [6.45, 7) is 0. The lowest BCUT2D eigenvalue weighted by Crippen LogP contribution is -2.26. The van der Waals surface area contributed by atoms with E-state index in [4.69, 9.17) is 0 Å². The fourth-order valence-electron chi connectivity index (χ4n) is 1.43. The molecule has 0 saturated heterocycles. The van der Waals surface area contributed by atoms with Crippen molar-refractivity contribution in [3.05, 3.63) is 28.5 Å². The predicted octanol–water partition coefficient (Wildman–Crippen LogP) is 3.55. The number of hydrogen-bond donors (Lipinski definition) is 1. The van der Waals surface area contributed by atoms with E-state index < -0.39 is 0 Å². The van der Waals surface area contributed by atoms with E-state index >= 15 is 0 Å². The van der Waals surface area contributed by atoms with Crippen molar-refractivity contribution in [2.24, 2.45) is 0 Å². The Kier molecular flexibility index (Phi) is 2.54. The topological polar surface area (TPSA) is 12.0 Å². The van der Waals surface area contributed by atoms with Crippen molar-refractivity contribution in [1.82, 2.24) is 0 Å². The summed E-state index contributed by atoms with van der Waals surface area (Å²) < 4.78 is 13.7. The molecule has 1 nitrogen and oxygen atoms in total. The third kappa shape index (κ3) is 2.21. The van der Waals surface area contributed by atoms with Gasteiger partial charge in [0.25, 0.3) is 0 Å². The second kappa shape index (κ2) is 3.66. The van der Waals surface area contributed by atoms with Gasteiger partial charge in [-0.15, -0.1) is 0 Å². The highest BCUT2D eigenvalue weighted by Gasteiger charge is 2.16. The molecule has 1 aromatic carbocycles. The fraction of sp³-hybridized carbons (Fsp3) is 0.400. The van der Waals surface area contributed by atoms with Gasteiger partial charge in [-0.3, -0.25) is 0 Å². The lowest BCUT2D eigenvalue weighted by Gasteiger charge is -2.27. The third-order valence-electron chi connectivity index (χ3n) is 2.34. The highest BCUT2D eigenvalue weighted by molar-refractivity contribution is 9.10. The van der Waals surface area contributed by atoms with E-state index in [2.05, 4.69) is 21.2 Å². The number of halogens is 2. The zero-order valence-corrected chi connectivity index (χ0v) is 8.77. The molecule has 3 heteroatoms. The average molecular weight is 244 g/mol. The molecule has 13 heavy (non-hydrogen) atoms. The summed E-state index contributed by atoms with van der Waals surface area (Å²) >= 11 is 3.26. The second-order valence-corrected chi connectivity index (χ2v) is 4.35. The maximum Gasteiger partial charge on any atom is 0.126 e. The first kappa shape index (κ1) is 9.00. The quantitative estimate of drug-likeness (QED) is 0.838. The molecule has 0 bridgehead atoms. The van der Waals surface area contributed by atoms with E-state index in [0.717, 1.165) is 10.2 Å². The highest BCUT2D eigenvalue weighted by Crippen LogP contribution is 2.25. The number of anilines is 1. The summed E-state index contributed by atoms with van der Waals surface area (Å²) in [5.74, 6) is -0.198. The Labute approximate surface area is 85.5 Å². The normalized spacial score (nSPS) is 16.8. The predicted molar refractivity (Wildman–Crippen MR) is 55.4 cm³/mol. The number of nitrogens with one attached hydrogen (secondary N) is 1. The minimum atomic E-state index is -0.198. The molecule has 0 heterocycles. The average Bonchev–Trinajstić information content (AvgIpc) is 1.95. The van der Waals surface area contributed by atoms with Gasteiger partial charge in [-0.2, -0.15) is 0 Å². The van der Waals surface area contributed by atoms with Crippen LogP contribution in [0, 0.1) is 5.82 Å². The monoisotopic (exact) mass is 243 g/mol. The van der Waals surface area contributed by atoms with Gasteiger partial charge < -0.3 is 5.32 Å². The first-order valence-electron chi connectivity index (χ1n) is 4.47. The van der Waals surface area contributed by atoms with Gasteiger partial charge in [0.1, 0.15) is 5.82 Å². The van der Waals surface area contributed by atoms with Crippen molar-refractivity contribution in [2.45, 2.75) is 25.3 Å². The van der Waals surface area contributed by atoms with E-state index in [9.17, 15) is 4.39 Å². The molecule has 70 valence electrons. The Bertz CT molecular complexity index is 290. The maximum absolute atomic E-state index is 12.9. The minimum absolute atomic E-state index is 0.198. The van der Waals surface area contributed by atoms with Gasteiger partial charge in [0.15, 0.2) is 0 Å². The number of rotatable bonds is 2. The van der Waals surface area contributed by atoms with Crippen LogP contribution in [-0.2, 0) is 0 Å². The van der Waals surface area contributed by atoms with Crippen LogP contribution in [0.1, 0.15) is 19.3 Å². The molecule has 1 aromatic rings. The van der Waals surface area contributed by atoms with E-state index in [1.54, 1.807) is 0 Å². The lowest BCUT2D eigenvalue weighted by atomic mass is 9.93. The van der Waals surface area contributed by atoms with Crippen LogP contribution < -0.4 is 5.32 Å². The molecule has 0 unspecified atom stereocenters. The summed E-state index contributed by atoms with van der Waals surface area (Å²) in [5, 5.41) is 3.29. The first-order chi connectivity index (χ1) is 6.24. The maximum atomic E-state index is 12.9. The molecule has 2 rings (SSSR count). The van der Waals surface area contributed by atoms with Crippen molar-refractivity contribution in [3.63, 3.8) is 0 Å². The van der Waals surface area contributed by atoms with Crippen LogP contribution in [0.2, 0.25) is 0 Å². The minimum Gasteiger partial charge on any atom is -0.382 e. The Hall–Kier alpha value is -0.570. The Morgan fingerprint density at radius 3 is 2.62 bits per heavy atom. The smallest absolute Gasteiger partial charge is 0.126 e. The second-order valence-electron chi connectivity index (χ2n) is 3.43. The molecule has 1 saturated carbocycles. The van der Waals surface area contributed by atoms with Crippen molar-refractivity contribution in [2.75, 3.05) is 5.32 Å². The van der Waals surface area contributed by atoms with Crippen LogP contribution in [0.4, 0.5) is 10.1 Å². The van der Waals surface area contributed by atoms with Gasteiger partial charge in [-0.25, -0.2) is 4.39 Å². The highest BCUT2D eigenvalue weighted by atomic mass is 79.9. The summed E-state index contributed by atoms with van der Waals surface area (Å²) in [5.41, 5.74) is 0.872. The van der Waals surface area contributed by atoms with E-state index in [0.29, 0.717) is 6.04 Å². The molecular weight excluding hydrogens is 233 g/mol. The van der Waals surface area contributed by atoms with Crippen molar-refractivity contribution < 1.29 is 4.39 Å². The summed E-state index contributed by atoms with van der Waals surface area (Å²) in [7, 11) is 0. The Balaban J connectivity index is 2.10. The van der Waals surface area contributed by atoms with Crippen LogP contribution in [0.3, 0.4) is 0 Å². The Morgan fingerprint density at radius 2 is 2.08 bits per heavy atom. The van der Waals surface area contributed by atoms with Crippen molar-refractivity contribution in [1.29, 1.82) is 0 Å². The van der Waals surface area contributed by atoms with Crippen LogP contribution in [-0.4, -0.2) is 6.04 Å². The largest absolute Gasteiger partial charge is 0.382 e. The van der Waals surface area contributed by atoms with E-state index in [1.165, 1.54) is 31.4 Å². The van der Waals surface area contributed by atoms with Crippen molar-refractivity contribution in [3.8, 4) is 0 Å². The zero-order valence-electron chi connectivity index (χ0n) is 7.19. The SMILES string of the molecule is Fc1cc(Br)cc(NC2CCC2)c1. The molecule has 1 N–H and O–H groups in total. The zero-order chi connectivity index (χ0) is 9.26. The molecule has 0 radical (unpaired) electrons. The Morgan fingerprint density at radius 1 is 1.31 bits per heavy atom. The van der Waals surface area contributed by atoms with Crippen molar-refractivity contribution >= 4 is 21.6 Å². The summed E-state index contributed by atoms with van der Waals surface area (Å²) in [6.07, 6.45) is 3.69. The molecule has 1 aliphatic carbocycles. The molecule has 1 fully saturated rings. The van der Waals surface area contributed by atoms with Gasteiger partial charge in [0.05, 0.1) is 0 Å². The van der Waals surface area contributed by atoms with Gasteiger partial charge in [-0.05, 0) is 37.5 Å². The number of hydrogen-bond acceptors (Lipinski definition) is 1. The van der Waals surface area contributed by atoms with Crippen LogP contribution in [0.5, 0.6) is 0 Å². The van der Waals surface area contributed by atoms with Crippen LogP contribution >= 0.6 is 15.9 Å². The first-order valence-corrected chi connectivity index (χ1v) is 5.26. The standard InChI is InChI=1S/C10H11BrFN/c11-7-4-8(12)6-10(5-7)13-9-2-1-3-9/h4-6,9,13H,1-3H2. The molecular formula is C10H11BrFN. The molecule has 0 aromatic heterocycles. The van der Waals surface area contributed by atoms with Crippen LogP contribution in [0.15, 0.2) is 22.7 Å². The lowest BCUT2D eigenvalue weighted by molar-refractivity contribution is 0.445. The molecule has 0 aliphatic heterocycles. The number of benzene rings is 1. The van der Waals surface area contributed by atoms with E-state index in [1.807, 2.05) is 6.07 Å².